The SMILES string of the molecule is CC1CCC(O)(CNC(=O)CCN2C(=O)CCC2=O)CC1. The van der Waals surface area contributed by atoms with Crippen molar-refractivity contribution in [3.05, 3.63) is 0 Å². The largest absolute Gasteiger partial charge is 0.388 e. The van der Waals surface area contributed by atoms with E-state index in [2.05, 4.69) is 12.2 Å². The summed E-state index contributed by atoms with van der Waals surface area (Å²) in [6.07, 6.45) is 3.96. The first kappa shape index (κ1) is 15.9. The van der Waals surface area contributed by atoms with Gasteiger partial charge in [-0.1, -0.05) is 6.92 Å². The Hall–Kier alpha value is -1.43. The average molecular weight is 296 g/mol. The summed E-state index contributed by atoms with van der Waals surface area (Å²) in [5.41, 5.74) is -0.804. The predicted molar refractivity (Wildman–Crippen MR) is 76.2 cm³/mol. The molecule has 6 nitrogen and oxygen atoms in total. The van der Waals surface area contributed by atoms with E-state index < -0.39 is 5.60 Å². The Labute approximate surface area is 124 Å². The number of rotatable bonds is 5. The van der Waals surface area contributed by atoms with Crippen molar-refractivity contribution in [3.8, 4) is 0 Å². The quantitative estimate of drug-likeness (QED) is 0.727. The van der Waals surface area contributed by atoms with Crippen LogP contribution in [0.1, 0.15) is 51.9 Å². The summed E-state index contributed by atoms with van der Waals surface area (Å²) in [5.74, 6) is 0.00288. The van der Waals surface area contributed by atoms with Gasteiger partial charge in [0.2, 0.25) is 17.7 Å². The Balaban J connectivity index is 1.70. The minimum atomic E-state index is -0.804. The molecule has 2 rings (SSSR count). The van der Waals surface area contributed by atoms with E-state index in [1.165, 1.54) is 0 Å². The normalized spacial score (nSPS) is 29.8. The zero-order valence-electron chi connectivity index (χ0n) is 12.6. The van der Waals surface area contributed by atoms with Gasteiger partial charge in [-0.05, 0) is 31.6 Å². The molecule has 2 fully saturated rings. The van der Waals surface area contributed by atoms with Crippen molar-refractivity contribution in [3.63, 3.8) is 0 Å². The van der Waals surface area contributed by atoms with Gasteiger partial charge in [0.25, 0.3) is 0 Å². The Morgan fingerprint density at radius 2 is 1.86 bits per heavy atom. The number of carbonyl (C=O) groups is 3. The number of likely N-dealkylation sites (tertiary alicyclic amines) is 1. The van der Waals surface area contributed by atoms with Crippen molar-refractivity contribution >= 4 is 17.7 Å². The molecule has 0 radical (unpaired) electrons. The Morgan fingerprint density at radius 1 is 1.29 bits per heavy atom. The predicted octanol–water partition coefficient (Wildman–Crippen LogP) is 0.583. The molecule has 1 aliphatic heterocycles. The summed E-state index contributed by atoms with van der Waals surface area (Å²) in [5, 5.41) is 13.1. The van der Waals surface area contributed by atoms with Crippen molar-refractivity contribution in [1.29, 1.82) is 0 Å². The van der Waals surface area contributed by atoms with E-state index in [1.54, 1.807) is 0 Å². The van der Waals surface area contributed by atoms with Crippen LogP contribution in [-0.4, -0.2) is 46.4 Å². The lowest BCUT2D eigenvalue weighted by Crippen LogP contribution is -2.45. The van der Waals surface area contributed by atoms with Crippen LogP contribution in [-0.2, 0) is 14.4 Å². The third-order valence-electron chi connectivity index (χ3n) is 4.54. The lowest BCUT2D eigenvalue weighted by Gasteiger charge is -2.35. The Bertz CT molecular complexity index is 411. The van der Waals surface area contributed by atoms with Crippen LogP contribution in [0.3, 0.4) is 0 Å². The van der Waals surface area contributed by atoms with Gasteiger partial charge < -0.3 is 10.4 Å². The molecule has 2 N–H and O–H groups in total. The summed E-state index contributed by atoms with van der Waals surface area (Å²) in [6, 6.07) is 0. The molecule has 2 aliphatic rings. The number of carbonyl (C=O) groups excluding carboxylic acids is 3. The number of nitrogens with zero attached hydrogens (tertiary/aromatic N) is 1. The molecule has 1 saturated heterocycles. The highest BCUT2D eigenvalue weighted by atomic mass is 16.3. The summed E-state index contributed by atoms with van der Waals surface area (Å²) in [6.45, 7) is 2.56. The highest BCUT2D eigenvalue weighted by molar-refractivity contribution is 6.02. The standard InChI is InChI=1S/C15H24N2O4/c1-11-4-7-15(21,8-5-11)10-16-12(18)6-9-17-13(19)2-3-14(17)20/h11,21H,2-10H2,1H3,(H,16,18). The summed E-state index contributed by atoms with van der Waals surface area (Å²) in [7, 11) is 0. The van der Waals surface area contributed by atoms with Gasteiger partial charge in [-0.15, -0.1) is 0 Å². The topological polar surface area (TPSA) is 86.7 Å². The van der Waals surface area contributed by atoms with E-state index in [4.69, 9.17) is 0 Å². The second-order valence-electron chi connectivity index (χ2n) is 6.37. The van der Waals surface area contributed by atoms with E-state index in [0.29, 0.717) is 18.8 Å². The molecule has 1 aliphatic carbocycles. The molecule has 0 aromatic heterocycles. The highest BCUT2D eigenvalue weighted by Gasteiger charge is 2.32. The van der Waals surface area contributed by atoms with Gasteiger partial charge in [0.05, 0.1) is 5.60 Å². The lowest BCUT2D eigenvalue weighted by atomic mass is 9.79. The lowest BCUT2D eigenvalue weighted by molar-refractivity contribution is -0.138. The van der Waals surface area contributed by atoms with Crippen LogP contribution in [0.25, 0.3) is 0 Å². The molecule has 118 valence electrons. The van der Waals surface area contributed by atoms with Gasteiger partial charge in [0.15, 0.2) is 0 Å². The Morgan fingerprint density at radius 3 is 2.43 bits per heavy atom. The van der Waals surface area contributed by atoms with Crippen LogP contribution in [0.2, 0.25) is 0 Å². The number of amides is 3. The molecule has 0 bridgehead atoms. The molecule has 21 heavy (non-hydrogen) atoms. The maximum absolute atomic E-state index is 11.8. The maximum atomic E-state index is 11.8. The molecule has 1 heterocycles. The molecule has 0 aromatic rings. The van der Waals surface area contributed by atoms with Crippen molar-refractivity contribution in [2.75, 3.05) is 13.1 Å². The number of hydrogen-bond donors (Lipinski definition) is 2. The molecular weight excluding hydrogens is 272 g/mol. The van der Waals surface area contributed by atoms with Crippen LogP contribution in [0, 0.1) is 5.92 Å². The van der Waals surface area contributed by atoms with Gasteiger partial charge >= 0.3 is 0 Å². The van der Waals surface area contributed by atoms with Gasteiger partial charge in [-0.3, -0.25) is 19.3 Å². The minimum absolute atomic E-state index is 0.101. The van der Waals surface area contributed by atoms with Crippen LogP contribution < -0.4 is 5.32 Å². The fourth-order valence-electron chi connectivity index (χ4n) is 2.91. The van der Waals surface area contributed by atoms with E-state index in [0.717, 1.165) is 17.7 Å². The molecule has 0 aromatic carbocycles. The average Bonchev–Trinajstić information content (AvgIpc) is 2.77. The van der Waals surface area contributed by atoms with Gasteiger partial charge in [0, 0.05) is 32.4 Å². The molecular formula is C15H24N2O4. The summed E-state index contributed by atoms with van der Waals surface area (Å²) >= 11 is 0. The molecule has 0 atom stereocenters. The van der Waals surface area contributed by atoms with Crippen molar-refractivity contribution < 1.29 is 19.5 Å². The smallest absolute Gasteiger partial charge is 0.229 e. The minimum Gasteiger partial charge on any atom is -0.388 e. The van der Waals surface area contributed by atoms with E-state index >= 15 is 0 Å². The molecule has 6 heteroatoms. The third-order valence-corrected chi connectivity index (χ3v) is 4.54. The fourth-order valence-corrected chi connectivity index (χ4v) is 2.91. The van der Waals surface area contributed by atoms with Crippen LogP contribution >= 0.6 is 0 Å². The second kappa shape index (κ2) is 6.56. The highest BCUT2D eigenvalue weighted by Crippen LogP contribution is 2.31. The van der Waals surface area contributed by atoms with Crippen molar-refractivity contribution in [2.45, 2.75) is 57.5 Å². The van der Waals surface area contributed by atoms with Crippen LogP contribution in [0.4, 0.5) is 0 Å². The fraction of sp³-hybridized carbons (Fsp3) is 0.800. The molecule has 3 amide bonds. The number of hydrogen-bond acceptors (Lipinski definition) is 4. The van der Waals surface area contributed by atoms with Crippen LogP contribution in [0.15, 0.2) is 0 Å². The molecule has 0 unspecified atom stereocenters. The third kappa shape index (κ3) is 4.27. The molecule has 0 spiro atoms. The summed E-state index contributed by atoms with van der Waals surface area (Å²) in [4.78, 5) is 35.8. The monoisotopic (exact) mass is 296 g/mol. The zero-order valence-corrected chi connectivity index (χ0v) is 12.6. The number of aliphatic hydroxyl groups is 1. The van der Waals surface area contributed by atoms with Crippen molar-refractivity contribution in [1.82, 2.24) is 10.2 Å². The first-order valence-corrected chi connectivity index (χ1v) is 7.72. The maximum Gasteiger partial charge on any atom is 0.229 e. The Kier molecular flexibility index (Phi) is 4.98. The van der Waals surface area contributed by atoms with E-state index in [-0.39, 0.29) is 50.1 Å². The van der Waals surface area contributed by atoms with Gasteiger partial charge in [-0.25, -0.2) is 0 Å². The van der Waals surface area contributed by atoms with Gasteiger partial charge in [0.1, 0.15) is 0 Å². The van der Waals surface area contributed by atoms with E-state index in [9.17, 15) is 19.5 Å². The number of imide groups is 1. The summed E-state index contributed by atoms with van der Waals surface area (Å²) < 4.78 is 0. The van der Waals surface area contributed by atoms with Crippen molar-refractivity contribution in [2.24, 2.45) is 5.92 Å². The van der Waals surface area contributed by atoms with Gasteiger partial charge in [-0.2, -0.15) is 0 Å². The zero-order chi connectivity index (χ0) is 15.5. The second-order valence-corrected chi connectivity index (χ2v) is 6.37. The number of nitrogens with one attached hydrogen (secondary N) is 1. The molecule has 1 saturated carbocycles. The first-order valence-electron chi connectivity index (χ1n) is 7.72. The van der Waals surface area contributed by atoms with Crippen LogP contribution in [0.5, 0.6) is 0 Å². The first-order chi connectivity index (χ1) is 9.89. The van der Waals surface area contributed by atoms with E-state index in [1.807, 2.05) is 0 Å².